The van der Waals surface area contributed by atoms with Crippen molar-refractivity contribution in [1.82, 2.24) is 24.7 Å². The van der Waals surface area contributed by atoms with Gasteiger partial charge in [0.25, 0.3) is 5.56 Å². The first-order chi connectivity index (χ1) is 28.1. The molecule has 3 aromatic carbocycles. The first kappa shape index (κ1) is 38.0. The van der Waals surface area contributed by atoms with Gasteiger partial charge in [0.2, 0.25) is 11.8 Å². The van der Waals surface area contributed by atoms with Gasteiger partial charge in [0, 0.05) is 56.9 Å². The standard InChI is InChI=1S/C46H51ClF2N6O3/c47-35-5-4-6-38-42(35)44(58)51-45-46(15-2-1-3-16-46)34-9-7-31(21-39(34)55(38)45)30-13-17-52(18-14-30)25-29-26-53(27-29)24-28-11-19-54(20-12-28)32-22-36(48)41(37(49)23-32)33-8-10-40(56)50-43(33)57/h4-7,9,21-23,28-30,33H,1-3,8,10-20,24-27H2,(H,50,56,57). The summed E-state index contributed by atoms with van der Waals surface area (Å²) >= 11 is 6.60. The molecule has 12 heteroatoms. The van der Waals surface area contributed by atoms with Gasteiger partial charge in [0.15, 0.2) is 0 Å². The van der Waals surface area contributed by atoms with E-state index in [-0.39, 0.29) is 29.4 Å². The molecule has 9 nitrogen and oxygen atoms in total. The fraction of sp³-hybridized carbons (Fsp3) is 0.522. The number of amides is 2. The molecule has 4 aromatic rings. The molecule has 1 spiro atoms. The molecule has 6 heterocycles. The molecule has 10 rings (SSSR count). The quantitative estimate of drug-likeness (QED) is 0.195. The van der Waals surface area contributed by atoms with Crippen molar-refractivity contribution in [2.45, 2.75) is 87.9 Å². The second kappa shape index (κ2) is 15.1. The van der Waals surface area contributed by atoms with E-state index in [0.717, 1.165) is 115 Å². The molecule has 0 bridgehead atoms. The Morgan fingerprint density at radius 2 is 1.53 bits per heavy atom. The Balaban J connectivity index is 0.720. The summed E-state index contributed by atoms with van der Waals surface area (Å²) < 4.78 is 32.6. The molecular weight excluding hydrogens is 758 g/mol. The van der Waals surface area contributed by atoms with Crippen LogP contribution in [-0.2, 0) is 15.0 Å². The first-order valence-electron chi connectivity index (χ1n) is 21.5. The molecule has 0 radical (unpaired) electrons. The summed E-state index contributed by atoms with van der Waals surface area (Å²) in [6, 6.07) is 15.6. The van der Waals surface area contributed by atoms with Crippen LogP contribution in [0.2, 0.25) is 5.02 Å². The van der Waals surface area contributed by atoms with E-state index in [2.05, 4.69) is 37.9 Å². The van der Waals surface area contributed by atoms with Crippen molar-refractivity contribution in [3.05, 3.63) is 98.1 Å². The van der Waals surface area contributed by atoms with E-state index >= 15 is 8.78 Å². The Morgan fingerprint density at radius 1 is 0.810 bits per heavy atom. The third-order valence-electron chi connectivity index (χ3n) is 14.5. The molecule has 1 atom stereocenters. The number of carbonyl (C=O) groups is 2. The average Bonchev–Trinajstić information content (AvgIpc) is 3.45. The van der Waals surface area contributed by atoms with Crippen molar-refractivity contribution >= 4 is 40.0 Å². The Labute approximate surface area is 342 Å². The summed E-state index contributed by atoms with van der Waals surface area (Å²) in [6.07, 6.45) is 9.94. The van der Waals surface area contributed by atoms with E-state index in [1.165, 1.54) is 35.4 Å². The lowest BCUT2D eigenvalue weighted by atomic mass is 9.69. The van der Waals surface area contributed by atoms with Gasteiger partial charge in [-0.15, -0.1) is 0 Å². The monoisotopic (exact) mass is 808 g/mol. The number of hydrogen-bond acceptors (Lipinski definition) is 7. The smallest absolute Gasteiger partial charge is 0.282 e. The largest absolute Gasteiger partial charge is 0.371 e. The van der Waals surface area contributed by atoms with Crippen LogP contribution in [0, 0.1) is 23.5 Å². The van der Waals surface area contributed by atoms with Gasteiger partial charge in [-0.1, -0.05) is 49.1 Å². The van der Waals surface area contributed by atoms with Gasteiger partial charge in [-0.05, 0) is 117 Å². The number of hydrogen-bond donors (Lipinski definition) is 1. The maximum absolute atomic E-state index is 15.2. The molecular formula is C46H51ClF2N6O3. The number of nitrogens with zero attached hydrogens (tertiary/aromatic N) is 5. The summed E-state index contributed by atoms with van der Waals surface area (Å²) in [7, 11) is 0. The van der Waals surface area contributed by atoms with Crippen LogP contribution in [0.3, 0.4) is 0 Å². The first-order valence-corrected chi connectivity index (χ1v) is 21.9. The highest BCUT2D eigenvalue weighted by molar-refractivity contribution is 6.35. The van der Waals surface area contributed by atoms with Gasteiger partial charge >= 0.3 is 0 Å². The second-order valence-electron chi connectivity index (χ2n) is 18.0. The van der Waals surface area contributed by atoms with E-state index in [0.29, 0.717) is 33.8 Å². The van der Waals surface area contributed by atoms with Crippen molar-refractivity contribution in [2.24, 2.45) is 11.8 Å². The number of halogens is 3. The fourth-order valence-electron chi connectivity index (χ4n) is 11.5. The predicted octanol–water partition coefficient (Wildman–Crippen LogP) is 7.43. The molecule has 2 amide bonds. The zero-order valence-corrected chi connectivity index (χ0v) is 33.7. The molecule has 4 saturated heterocycles. The third kappa shape index (κ3) is 6.65. The summed E-state index contributed by atoms with van der Waals surface area (Å²) in [4.78, 5) is 49.2. The number of rotatable bonds is 7. The minimum Gasteiger partial charge on any atom is -0.371 e. The van der Waals surface area contributed by atoms with Crippen LogP contribution in [0.5, 0.6) is 0 Å². The average molecular weight is 809 g/mol. The van der Waals surface area contributed by atoms with Crippen molar-refractivity contribution in [3.8, 4) is 5.69 Å². The van der Waals surface area contributed by atoms with E-state index in [1.54, 1.807) is 6.07 Å². The Bertz CT molecular complexity index is 2320. The summed E-state index contributed by atoms with van der Waals surface area (Å²) in [5.74, 6) is -0.821. The minimum absolute atomic E-state index is 0.0779. The fourth-order valence-corrected chi connectivity index (χ4v) is 11.8. The van der Waals surface area contributed by atoms with E-state index < -0.39 is 29.4 Å². The van der Waals surface area contributed by atoms with Gasteiger partial charge in [0.05, 0.1) is 32.9 Å². The molecule has 5 fully saturated rings. The van der Waals surface area contributed by atoms with Gasteiger partial charge in [-0.3, -0.25) is 24.3 Å². The SMILES string of the molecule is O=C1CCC(c2c(F)cc(N3CCC(CN4CC(CN5CCC(c6ccc7c(c6)-n6c(nc(=O)c8c(Cl)cccc86)C76CCCCC6)CC5)C4)CC3)cc2F)C(=O)N1. The Kier molecular flexibility index (Phi) is 9.92. The summed E-state index contributed by atoms with van der Waals surface area (Å²) in [5.41, 5.74) is 4.58. The lowest BCUT2D eigenvalue weighted by Crippen LogP contribution is -2.54. The van der Waals surface area contributed by atoms with Crippen LogP contribution >= 0.6 is 11.6 Å². The molecule has 1 saturated carbocycles. The number of piperidine rings is 3. The molecule has 1 unspecified atom stereocenters. The highest BCUT2D eigenvalue weighted by Gasteiger charge is 2.47. The number of fused-ring (bicyclic) bond motifs is 7. The highest BCUT2D eigenvalue weighted by atomic mass is 35.5. The van der Waals surface area contributed by atoms with Crippen molar-refractivity contribution < 1.29 is 18.4 Å². The molecule has 5 aliphatic heterocycles. The maximum atomic E-state index is 15.2. The van der Waals surface area contributed by atoms with E-state index in [4.69, 9.17) is 16.6 Å². The third-order valence-corrected chi connectivity index (χ3v) is 14.8. The Morgan fingerprint density at radius 3 is 2.26 bits per heavy atom. The maximum Gasteiger partial charge on any atom is 0.282 e. The lowest BCUT2D eigenvalue weighted by molar-refractivity contribution is -0.134. The van der Waals surface area contributed by atoms with Gasteiger partial charge in [0.1, 0.15) is 17.5 Å². The number of nitrogens with one attached hydrogen (secondary N) is 1. The zero-order chi connectivity index (χ0) is 39.7. The number of likely N-dealkylation sites (tertiary alicyclic amines) is 2. The predicted molar refractivity (Wildman–Crippen MR) is 221 cm³/mol. The Hall–Kier alpha value is -4.19. The number of anilines is 1. The van der Waals surface area contributed by atoms with Gasteiger partial charge in [-0.25, -0.2) is 8.78 Å². The van der Waals surface area contributed by atoms with Crippen LogP contribution in [-0.4, -0.2) is 83.5 Å². The molecule has 58 heavy (non-hydrogen) atoms. The molecule has 1 N–H and O–H groups in total. The minimum atomic E-state index is -0.982. The molecule has 304 valence electrons. The van der Waals surface area contributed by atoms with Crippen LogP contribution in [0.25, 0.3) is 16.6 Å². The molecule has 1 aliphatic carbocycles. The van der Waals surface area contributed by atoms with Crippen LogP contribution in [0.15, 0.2) is 53.3 Å². The summed E-state index contributed by atoms with van der Waals surface area (Å²) in [5, 5.41) is 3.17. The van der Waals surface area contributed by atoms with E-state index in [1.807, 2.05) is 17.0 Å². The number of imide groups is 1. The van der Waals surface area contributed by atoms with Crippen LogP contribution in [0.4, 0.5) is 14.5 Å². The van der Waals surface area contributed by atoms with Crippen LogP contribution < -0.4 is 15.8 Å². The zero-order valence-electron chi connectivity index (χ0n) is 33.0. The summed E-state index contributed by atoms with van der Waals surface area (Å²) in [6.45, 7) is 8.13. The van der Waals surface area contributed by atoms with Crippen molar-refractivity contribution in [2.75, 3.05) is 57.3 Å². The van der Waals surface area contributed by atoms with Gasteiger partial charge in [-0.2, -0.15) is 4.98 Å². The number of benzene rings is 3. The second-order valence-corrected chi connectivity index (χ2v) is 18.5. The van der Waals surface area contributed by atoms with Crippen molar-refractivity contribution in [3.63, 3.8) is 0 Å². The highest BCUT2D eigenvalue weighted by Crippen LogP contribution is 2.52. The van der Waals surface area contributed by atoms with Crippen molar-refractivity contribution in [1.29, 1.82) is 0 Å². The molecule has 6 aliphatic rings. The van der Waals surface area contributed by atoms with Gasteiger partial charge < -0.3 is 14.7 Å². The molecule has 1 aromatic heterocycles. The van der Waals surface area contributed by atoms with Crippen LogP contribution in [0.1, 0.15) is 105 Å². The number of aromatic nitrogens is 2. The normalized spacial score (nSPS) is 23.3. The lowest BCUT2D eigenvalue weighted by Gasteiger charge is -2.45. The topological polar surface area (TPSA) is 90.8 Å². The number of carbonyl (C=O) groups excluding carboxylic acids is 2. The van der Waals surface area contributed by atoms with E-state index in [9.17, 15) is 14.4 Å².